The van der Waals surface area contributed by atoms with Gasteiger partial charge in [0.25, 0.3) is 0 Å². The predicted octanol–water partition coefficient (Wildman–Crippen LogP) is 3.55. The molecule has 0 heterocycles. The minimum absolute atomic E-state index is 0. The van der Waals surface area contributed by atoms with Crippen molar-refractivity contribution in [1.29, 1.82) is 0 Å². The van der Waals surface area contributed by atoms with Gasteiger partial charge >= 0.3 is 1.43 Å². The van der Waals surface area contributed by atoms with E-state index in [1.165, 1.54) is 0 Å². The number of hydrogen-bond donors (Lipinski definition) is 5. The summed E-state index contributed by atoms with van der Waals surface area (Å²) in [5.41, 5.74) is 5.22. The largest absolute Gasteiger partial charge is 1.00 e. The van der Waals surface area contributed by atoms with Gasteiger partial charge in [-0.15, -0.1) is 0 Å². The number of aliphatic hydroxyl groups is 4. The number of nitrogens with two attached hydrogens (primary N) is 1. The molecular weight excluding hydrogens is 430 g/mol. The normalized spacial score (nSPS) is 47.3. The van der Waals surface area contributed by atoms with Crippen molar-refractivity contribution in [2.24, 2.45) is 52.1 Å². The lowest BCUT2D eigenvalue weighted by Gasteiger charge is -2.65. The molecule has 0 aromatic rings. The molecule has 4 aliphatic carbocycles. The van der Waals surface area contributed by atoms with Gasteiger partial charge in [-0.1, -0.05) is 33.6 Å². The highest BCUT2D eigenvalue weighted by Gasteiger charge is 2.62. The average molecular weight is 482 g/mol. The molecule has 34 heavy (non-hydrogen) atoms. The van der Waals surface area contributed by atoms with Crippen LogP contribution in [0.5, 0.6) is 0 Å². The predicted molar refractivity (Wildman–Crippen MR) is 134 cm³/mol. The molecule has 6 N–H and O–H groups in total. The fourth-order valence-corrected chi connectivity index (χ4v) is 8.32. The van der Waals surface area contributed by atoms with Gasteiger partial charge in [0.05, 0.1) is 24.4 Å². The molecule has 0 spiro atoms. The Morgan fingerprint density at radius 1 is 1.18 bits per heavy atom. The molecule has 0 saturated heterocycles. The van der Waals surface area contributed by atoms with Crippen LogP contribution in [0.3, 0.4) is 0 Å². The second-order valence-electron chi connectivity index (χ2n) is 12.6. The van der Waals surface area contributed by atoms with Crippen molar-refractivity contribution in [3.63, 3.8) is 0 Å². The second-order valence-corrected chi connectivity index (χ2v) is 12.6. The van der Waals surface area contributed by atoms with E-state index in [1.54, 1.807) is 6.92 Å². The van der Waals surface area contributed by atoms with Gasteiger partial charge in [-0.25, -0.2) is 0 Å². The fraction of sp³-hybridized carbons (Fsp3) is 0.929. The number of amides is 1. The molecule has 1 amide bonds. The summed E-state index contributed by atoms with van der Waals surface area (Å²) >= 11 is 0. The van der Waals surface area contributed by atoms with Gasteiger partial charge in [-0.2, -0.15) is 12.3 Å². The minimum Gasteiger partial charge on any atom is -0.393 e. The topological polar surface area (TPSA) is 124 Å². The highest BCUT2D eigenvalue weighted by Crippen LogP contribution is 2.68. The van der Waals surface area contributed by atoms with E-state index in [4.69, 9.17) is 10.8 Å². The molecular formula is C28H51NO5. The van der Waals surface area contributed by atoms with Crippen molar-refractivity contribution in [2.45, 2.75) is 117 Å². The number of rotatable bonds is 5. The lowest BCUT2D eigenvalue weighted by molar-refractivity contribution is -0.202. The van der Waals surface area contributed by atoms with Crippen molar-refractivity contribution < 1.29 is 26.6 Å². The monoisotopic (exact) mass is 481 g/mol. The summed E-state index contributed by atoms with van der Waals surface area (Å²) in [6.45, 7) is 10.5. The Kier molecular flexibility index (Phi) is 8.81. The molecule has 0 aromatic carbocycles. The molecule has 4 rings (SSSR count). The Labute approximate surface area is 208 Å². The van der Waals surface area contributed by atoms with Gasteiger partial charge in [-0.05, 0) is 86.4 Å². The van der Waals surface area contributed by atoms with Crippen molar-refractivity contribution in [3.8, 4) is 0 Å². The Balaban J connectivity index is 0.000000656. The van der Waals surface area contributed by atoms with Crippen molar-refractivity contribution in [3.05, 3.63) is 6.42 Å². The van der Waals surface area contributed by atoms with E-state index in [1.807, 2.05) is 6.92 Å². The van der Waals surface area contributed by atoms with Crippen LogP contribution in [0.2, 0.25) is 0 Å². The van der Waals surface area contributed by atoms with E-state index < -0.39 is 6.10 Å². The molecule has 12 atom stereocenters. The lowest BCUT2D eigenvalue weighted by atomic mass is 9.43. The van der Waals surface area contributed by atoms with Gasteiger partial charge < -0.3 is 32.6 Å². The molecule has 4 aliphatic rings. The van der Waals surface area contributed by atoms with Crippen molar-refractivity contribution >= 4 is 5.91 Å². The Bertz CT molecular complexity index is 707. The van der Waals surface area contributed by atoms with Gasteiger partial charge in [0.2, 0.25) is 5.91 Å². The number of fused-ring (bicyclic) bond motifs is 5. The van der Waals surface area contributed by atoms with E-state index >= 15 is 0 Å². The summed E-state index contributed by atoms with van der Waals surface area (Å²) in [4.78, 5) is 11.3. The minimum atomic E-state index is -0.400. The third-order valence-electron chi connectivity index (χ3n) is 10.7. The first-order valence-corrected chi connectivity index (χ1v) is 13.7. The molecule has 0 aliphatic heterocycles. The fourth-order valence-electron chi connectivity index (χ4n) is 8.32. The summed E-state index contributed by atoms with van der Waals surface area (Å²) in [7, 11) is 0. The zero-order chi connectivity index (χ0) is 25.4. The average Bonchev–Trinajstić information content (AvgIpc) is 3.13. The van der Waals surface area contributed by atoms with Crippen LogP contribution in [-0.2, 0) is 4.79 Å². The number of carbonyl (C=O) groups excluding carboxylic acids is 1. The van der Waals surface area contributed by atoms with Crippen LogP contribution >= 0.6 is 0 Å². The zero-order valence-electron chi connectivity index (χ0n) is 23.0. The summed E-state index contributed by atoms with van der Waals surface area (Å²) in [5.74, 6) is 1.40. The molecule has 6 heteroatoms. The molecule has 4 saturated carbocycles. The first kappa shape index (κ1) is 27.9. The van der Waals surface area contributed by atoms with E-state index in [-0.39, 0.29) is 48.3 Å². The number of aliphatic hydroxyl groups excluding tert-OH is 4. The number of carbonyl (C=O) groups is 1. The molecule has 0 aromatic heterocycles. The third-order valence-corrected chi connectivity index (χ3v) is 10.7. The van der Waals surface area contributed by atoms with E-state index in [0.29, 0.717) is 30.1 Å². The maximum absolute atomic E-state index is 11.5. The first-order valence-electron chi connectivity index (χ1n) is 13.7. The van der Waals surface area contributed by atoms with Crippen LogP contribution in [0.4, 0.5) is 0 Å². The van der Waals surface area contributed by atoms with Crippen LogP contribution in [0.25, 0.3) is 0 Å². The van der Waals surface area contributed by atoms with Crippen LogP contribution in [0.15, 0.2) is 0 Å². The summed E-state index contributed by atoms with van der Waals surface area (Å²) < 4.78 is 0. The first-order chi connectivity index (χ1) is 15.9. The highest BCUT2D eigenvalue weighted by molar-refractivity contribution is 5.73. The van der Waals surface area contributed by atoms with Crippen LogP contribution in [0.1, 0.15) is 93.8 Å². The molecule has 198 valence electrons. The quantitative estimate of drug-likeness (QED) is 0.384. The van der Waals surface area contributed by atoms with E-state index in [0.717, 1.165) is 51.4 Å². The van der Waals surface area contributed by atoms with E-state index in [2.05, 4.69) is 27.2 Å². The molecule has 0 bridgehead atoms. The standard InChI is InChI=1S/C24H40NO4.C4H10O/c1-13(4-7-21(25)29)16-5-6-17-22-18(12-20(28)24(16,17)3)23(2)9-8-15(26)10-14(23)11-19(22)27;1-3-4(2)5/h6,13-20,22,26-28H,4-5,7-12H2,1-3H3,(H2,25,29);4-5H,3H2,1-2H3/q-1;/p+1/t13-,14+,15-,16-,17+,18+,19-,20+,22+,23+,24-;4-/m11/s1. The third kappa shape index (κ3) is 5.07. The number of hydrogen-bond acceptors (Lipinski definition) is 5. The SMILES string of the molecule is CC[C@@H](C)O.C[C@H](CCC(N)=O)[C@H]1C[CH-][C@H]2[C@@H]3[C@H](O)C[C@@H]4C[C@H](O)CC[C@]4(C)[C@H]3C[C@H](O)[C@]12C.[H+]. The van der Waals surface area contributed by atoms with Gasteiger partial charge in [-0.3, -0.25) is 4.79 Å². The van der Waals surface area contributed by atoms with Gasteiger partial charge in [0.15, 0.2) is 0 Å². The summed E-state index contributed by atoms with van der Waals surface area (Å²) in [6.07, 6.45) is 8.33. The molecule has 6 nitrogen and oxygen atoms in total. The smallest absolute Gasteiger partial charge is 0.393 e. The van der Waals surface area contributed by atoms with Crippen LogP contribution in [-0.4, -0.2) is 50.7 Å². The van der Waals surface area contributed by atoms with Crippen molar-refractivity contribution in [2.75, 3.05) is 0 Å². The Hall–Kier alpha value is -0.690. The molecule has 0 radical (unpaired) electrons. The number of primary amides is 1. The van der Waals surface area contributed by atoms with Crippen LogP contribution in [0, 0.1) is 52.8 Å². The molecule has 0 unspecified atom stereocenters. The Morgan fingerprint density at radius 2 is 1.82 bits per heavy atom. The Morgan fingerprint density at radius 3 is 2.41 bits per heavy atom. The van der Waals surface area contributed by atoms with Crippen molar-refractivity contribution in [1.82, 2.24) is 0 Å². The van der Waals surface area contributed by atoms with Gasteiger partial charge in [0, 0.05) is 6.42 Å². The second kappa shape index (κ2) is 10.7. The zero-order valence-corrected chi connectivity index (χ0v) is 22.0. The summed E-state index contributed by atoms with van der Waals surface area (Å²) in [5, 5.41) is 41.3. The molecule has 4 fully saturated rings. The summed E-state index contributed by atoms with van der Waals surface area (Å²) in [6, 6.07) is 0. The maximum atomic E-state index is 11.5. The van der Waals surface area contributed by atoms with E-state index in [9.17, 15) is 20.1 Å². The lowest BCUT2D eigenvalue weighted by Crippen LogP contribution is -2.62. The maximum Gasteiger partial charge on any atom is 1.00 e. The highest BCUT2D eigenvalue weighted by atomic mass is 16.3. The van der Waals surface area contributed by atoms with Crippen LogP contribution < -0.4 is 5.73 Å². The van der Waals surface area contributed by atoms with Gasteiger partial charge in [0.1, 0.15) is 0 Å².